The van der Waals surface area contributed by atoms with Crippen LogP contribution in [0.1, 0.15) is 49.2 Å². The van der Waals surface area contributed by atoms with Crippen molar-refractivity contribution in [3.63, 3.8) is 0 Å². The molecule has 1 aliphatic rings. The Balaban J connectivity index is 0.00000220. The van der Waals surface area contributed by atoms with Gasteiger partial charge >= 0.3 is 0 Å². The largest absolute Gasteiger partial charge is 0.339 e. The van der Waals surface area contributed by atoms with Gasteiger partial charge in [0.1, 0.15) is 0 Å². The molecular formula is C16H26ClN3O. The van der Waals surface area contributed by atoms with Gasteiger partial charge in [0.2, 0.25) is 0 Å². The van der Waals surface area contributed by atoms with Gasteiger partial charge in [-0.1, -0.05) is 13.8 Å². The van der Waals surface area contributed by atoms with E-state index in [1.54, 1.807) is 12.3 Å². The van der Waals surface area contributed by atoms with E-state index in [0.29, 0.717) is 18.0 Å². The molecular weight excluding hydrogens is 286 g/mol. The summed E-state index contributed by atoms with van der Waals surface area (Å²) >= 11 is 0. The van der Waals surface area contributed by atoms with E-state index < -0.39 is 0 Å². The Kier molecular flexibility index (Phi) is 7.12. The van der Waals surface area contributed by atoms with Gasteiger partial charge in [-0.15, -0.1) is 12.4 Å². The Morgan fingerprint density at radius 2 is 2.19 bits per heavy atom. The van der Waals surface area contributed by atoms with E-state index in [1.165, 1.54) is 6.42 Å². The molecule has 0 spiro atoms. The van der Waals surface area contributed by atoms with Crippen LogP contribution in [0.3, 0.4) is 0 Å². The quantitative estimate of drug-likeness (QED) is 0.933. The maximum atomic E-state index is 12.6. The zero-order chi connectivity index (χ0) is 14.5. The Morgan fingerprint density at radius 3 is 2.86 bits per heavy atom. The monoisotopic (exact) mass is 311 g/mol. The zero-order valence-corrected chi connectivity index (χ0v) is 13.7. The number of pyridine rings is 1. The van der Waals surface area contributed by atoms with Crippen LogP contribution in [0.15, 0.2) is 18.3 Å². The molecule has 1 fully saturated rings. The normalized spacial score (nSPS) is 19.0. The minimum atomic E-state index is 0. The number of nitrogens with two attached hydrogens (primary N) is 1. The van der Waals surface area contributed by atoms with Gasteiger partial charge in [0.25, 0.3) is 5.91 Å². The molecule has 0 radical (unpaired) electrons. The number of rotatable bonds is 3. The third-order valence-corrected chi connectivity index (χ3v) is 4.28. The molecule has 0 aliphatic carbocycles. The van der Waals surface area contributed by atoms with E-state index in [1.807, 2.05) is 11.0 Å². The van der Waals surface area contributed by atoms with Crippen molar-refractivity contribution in [2.24, 2.45) is 17.6 Å². The molecule has 1 saturated heterocycles. The second-order valence-corrected chi connectivity index (χ2v) is 5.97. The van der Waals surface area contributed by atoms with E-state index in [4.69, 9.17) is 5.73 Å². The highest BCUT2D eigenvalue weighted by Gasteiger charge is 2.23. The number of likely N-dealkylation sites (tertiary alicyclic amines) is 1. The summed E-state index contributed by atoms with van der Waals surface area (Å²) in [4.78, 5) is 18.7. The lowest BCUT2D eigenvalue weighted by Crippen LogP contribution is -2.32. The number of halogens is 1. The first kappa shape index (κ1) is 17.9. The number of aromatic nitrogens is 1. The fourth-order valence-electron chi connectivity index (χ4n) is 2.90. The fourth-order valence-corrected chi connectivity index (χ4v) is 2.90. The summed E-state index contributed by atoms with van der Waals surface area (Å²) in [6.45, 7) is 6.65. The highest BCUT2D eigenvalue weighted by atomic mass is 35.5. The highest BCUT2D eigenvalue weighted by molar-refractivity contribution is 5.94. The minimum Gasteiger partial charge on any atom is -0.339 e. The third kappa shape index (κ3) is 4.68. The van der Waals surface area contributed by atoms with Crippen LogP contribution in [-0.4, -0.2) is 28.9 Å². The van der Waals surface area contributed by atoms with Gasteiger partial charge < -0.3 is 10.6 Å². The van der Waals surface area contributed by atoms with Gasteiger partial charge in [-0.05, 0) is 43.2 Å². The molecule has 21 heavy (non-hydrogen) atoms. The first-order chi connectivity index (χ1) is 9.61. The van der Waals surface area contributed by atoms with E-state index >= 15 is 0 Å². The van der Waals surface area contributed by atoms with Gasteiger partial charge in [0, 0.05) is 31.4 Å². The highest BCUT2D eigenvalue weighted by Crippen LogP contribution is 2.25. The topological polar surface area (TPSA) is 59.2 Å². The number of nitrogens with zero attached hydrogens (tertiary/aromatic N) is 2. The van der Waals surface area contributed by atoms with E-state index in [9.17, 15) is 4.79 Å². The zero-order valence-electron chi connectivity index (χ0n) is 12.9. The van der Waals surface area contributed by atoms with Crippen LogP contribution in [0.4, 0.5) is 0 Å². The average molecular weight is 312 g/mol. The number of hydrogen-bond acceptors (Lipinski definition) is 3. The molecule has 118 valence electrons. The van der Waals surface area contributed by atoms with Gasteiger partial charge in [-0.3, -0.25) is 9.78 Å². The van der Waals surface area contributed by atoms with Crippen molar-refractivity contribution in [3.8, 4) is 0 Å². The molecule has 1 aromatic rings. The van der Waals surface area contributed by atoms with Crippen molar-refractivity contribution in [3.05, 3.63) is 29.6 Å². The summed E-state index contributed by atoms with van der Waals surface area (Å²) in [6.07, 6.45) is 5.11. The Labute approximate surface area is 133 Å². The Hall–Kier alpha value is -1.13. The van der Waals surface area contributed by atoms with Gasteiger partial charge in [0.05, 0.1) is 5.69 Å². The van der Waals surface area contributed by atoms with Crippen LogP contribution >= 0.6 is 12.4 Å². The average Bonchev–Trinajstić information content (AvgIpc) is 2.72. The molecule has 0 saturated carbocycles. The summed E-state index contributed by atoms with van der Waals surface area (Å²) in [5, 5.41) is 0. The summed E-state index contributed by atoms with van der Waals surface area (Å²) in [5.41, 5.74) is 7.07. The van der Waals surface area contributed by atoms with Gasteiger partial charge in [0.15, 0.2) is 0 Å². The predicted molar refractivity (Wildman–Crippen MR) is 87.5 cm³/mol. The minimum absolute atomic E-state index is 0. The first-order valence-corrected chi connectivity index (χ1v) is 7.56. The van der Waals surface area contributed by atoms with E-state index in [2.05, 4.69) is 18.8 Å². The second kappa shape index (κ2) is 8.35. The lowest BCUT2D eigenvalue weighted by Gasteiger charge is -2.21. The third-order valence-electron chi connectivity index (χ3n) is 4.28. The number of carbonyl (C=O) groups excluding carboxylic acids is 1. The van der Waals surface area contributed by atoms with E-state index in [0.717, 1.165) is 37.5 Å². The summed E-state index contributed by atoms with van der Waals surface area (Å²) < 4.78 is 0. The molecule has 0 bridgehead atoms. The standard InChI is InChI=1S/C16H25N3O.ClH/c1-12(2)13-4-3-8-19(9-6-13)16(20)14-5-7-18-15(10-14)11-17;/h5,7,10,12-13H,3-4,6,8-9,11,17H2,1-2H3;1H. The molecule has 1 aromatic heterocycles. The molecule has 2 N–H and O–H groups in total. The molecule has 1 amide bonds. The first-order valence-electron chi connectivity index (χ1n) is 7.56. The lowest BCUT2D eigenvalue weighted by molar-refractivity contribution is 0.0758. The summed E-state index contributed by atoms with van der Waals surface area (Å²) in [7, 11) is 0. The number of hydrogen-bond donors (Lipinski definition) is 1. The number of carbonyl (C=O) groups is 1. The van der Waals surface area contributed by atoms with Crippen molar-refractivity contribution in [1.29, 1.82) is 0 Å². The molecule has 2 rings (SSSR count). The van der Waals surface area contributed by atoms with Crippen LogP contribution in [0.2, 0.25) is 0 Å². The summed E-state index contributed by atoms with van der Waals surface area (Å²) in [6, 6.07) is 3.60. The number of amides is 1. The SMILES string of the molecule is CC(C)C1CCCN(C(=O)c2ccnc(CN)c2)CC1.Cl. The van der Waals surface area contributed by atoms with Crippen molar-refractivity contribution >= 4 is 18.3 Å². The molecule has 1 atom stereocenters. The van der Waals surface area contributed by atoms with Crippen LogP contribution in [0.25, 0.3) is 0 Å². The maximum Gasteiger partial charge on any atom is 0.253 e. The second-order valence-electron chi connectivity index (χ2n) is 5.97. The molecule has 5 heteroatoms. The molecule has 1 aliphatic heterocycles. The Morgan fingerprint density at radius 1 is 1.43 bits per heavy atom. The van der Waals surface area contributed by atoms with Crippen molar-refractivity contribution in [2.75, 3.05) is 13.1 Å². The molecule has 4 nitrogen and oxygen atoms in total. The van der Waals surface area contributed by atoms with Crippen LogP contribution in [-0.2, 0) is 6.54 Å². The lowest BCUT2D eigenvalue weighted by atomic mass is 9.89. The van der Waals surface area contributed by atoms with Crippen molar-refractivity contribution in [1.82, 2.24) is 9.88 Å². The van der Waals surface area contributed by atoms with Gasteiger partial charge in [-0.2, -0.15) is 0 Å². The van der Waals surface area contributed by atoms with Crippen molar-refractivity contribution in [2.45, 2.75) is 39.7 Å². The maximum absolute atomic E-state index is 12.6. The predicted octanol–water partition coefficient (Wildman–Crippen LogP) is 2.86. The van der Waals surface area contributed by atoms with Crippen LogP contribution in [0, 0.1) is 11.8 Å². The molecule has 0 aromatic carbocycles. The van der Waals surface area contributed by atoms with E-state index in [-0.39, 0.29) is 18.3 Å². The summed E-state index contributed by atoms with van der Waals surface area (Å²) in [5.74, 6) is 1.56. The fraction of sp³-hybridized carbons (Fsp3) is 0.625. The van der Waals surface area contributed by atoms with Crippen LogP contribution < -0.4 is 5.73 Å². The Bertz CT molecular complexity index is 465. The molecule has 2 heterocycles. The molecule has 1 unspecified atom stereocenters. The van der Waals surface area contributed by atoms with Crippen LogP contribution in [0.5, 0.6) is 0 Å². The van der Waals surface area contributed by atoms with Gasteiger partial charge in [-0.25, -0.2) is 0 Å². The van der Waals surface area contributed by atoms with Crippen molar-refractivity contribution < 1.29 is 4.79 Å². The smallest absolute Gasteiger partial charge is 0.253 e.